The number of ether oxygens (including phenoxy) is 1. The van der Waals surface area contributed by atoms with Crippen molar-refractivity contribution in [3.05, 3.63) is 45.4 Å². The molecule has 1 N–H and O–H groups in total. The minimum Gasteiger partial charge on any atom is -0.486 e. The first kappa shape index (κ1) is 13.5. The van der Waals surface area contributed by atoms with Gasteiger partial charge >= 0.3 is 5.97 Å². The van der Waals surface area contributed by atoms with Gasteiger partial charge in [-0.15, -0.1) is 11.3 Å². The van der Waals surface area contributed by atoms with E-state index in [1.807, 2.05) is 26.0 Å². The first-order valence-corrected chi connectivity index (χ1v) is 6.77. The zero-order valence-electron chi connectivity index (χ0n) is 10.8. The smallest absolute Gasteiger partial charge is 0.309 e. The lowest BCUT2D eigenvalue weighted by Gasteiger charge is -2.06. The summed E-state index contributed by atoms with van der Waals surface area (Å²) in [6.07, 6.45) is -0.0416. The summed E-state index contributed by atoms with van der Waals surface area (Å²) >= 11 is 1.42. The van der Waals surface area contributed by atoms with Crippen molar-refractivity contribution in [3.63, 3.8) is 0 Å². The zero-order valence-corrected chi connectivity index (χ0v) is 11.7. The van der Waals surface area contributed by atoms with Crippen molar-refractivity contribution in [1.82, 2.24) is 4.98 Å². The van der Waals surface area contributed by atoms with Gasteiger partial charge in [0.05, 0.1) is 12.1 Å². The van der Waals surface area contributed by atoms with Crippen LogP contribution in [0.3, 0.4) is 0 Å². The quantitative estimate of drug-likeness (QED) is 0.912. The van der Waals surface area contributed by atoms with E-state index >= 15 is 0 Å². The molecule has 0 fully saturated rings. The number of aliphatic carboxylic acids is 1. The van der Waals surface area contributed by atoms with Gasteiger partial charge in [-0.05, 0) is 37.1 Å². The fourth-order valence-corrected chi connectivity index (χ4v) is 2.52. The van der Waals surface area contributed by atoms with Gasteiger partial charge in [-0.2, -0.15) is 0 Å². The first-order chi connectivity index (χ1) is 9.02. The fraction of sp³-hybridized carbons (Fsp3) is 0.286. The predicted octanol–water partition coefficient (Wildman–Crippen LogP) is 2.97. The molecule has 1 aromatic carbocycles. The average Bonchev–Trinajstić information content (AvgIpc) is 2.72. The summed E-state index contributed by atoms with van der Waals surface area (Å²) in [4.78, 5) is 14.8. The van der Waals surface area contributed by atoms with Crippen LogP contribution in [0, 0.1) is 13.8 Å². The largest absolute Gasteiger partial charge is 0.486 e. The van der Waals surface area contributed by atoms with Gasteiger partial charge in [0.1, 0.15) is 17.4 Å². The van der Waals surface area contributed by atoms with Crippen LogP contribution in [-0.2, 0) is 17.8 Å². The predicted molar refractivity (Wildman–Crippen MR) is 73.7 cm³/mol. The highest BCUT2D eigenvalue weighted by Crippen LogP contribution is 2.19. The van der Waals surface area contributed by atoms with Gasteiger partial charge in [0.25, 0.3) is 0 Å². The van der Waals surface area contributed by atoms with E-state index < -0.39 is 5.97 Å². The molecule has 1 heterocycles. The second-order valence-corrected chi connectivity index (χ2v) is 5.36. The Balaban J connectivity index is 1.98. The molecule has 5 heteroatoms. The number of nitrogens with zero attached hydrogens (tertiary/aromatic N) is 1. The Kier molecular flexibility index (Phi) is 4.16. The van der Waals surface area contributed by atoms with Crippen LogP contribution in [-0.4, -0.2) is 16.1 Å². The van der Waals surface area contributed by atoms with Gasteiger partial charge in [0.15, 0.2) is 0 Å². The van der Waals surface area contributed by atoms with Crippen LogP contribution in [0.4, 0.5) is 0 Å². The molecule has 0 aliphatic heterocycles. The van der Waals surface area contributed by atoms with Crippen molar-refractivity contribution in [2.45, 2.75) is 26.9 Å². The fourth-order valence-electron chi connectivity index (χ4n) is 1.81. The van der Waals surface area contributed by atoms with E-state index in [2.05, 4.69) is 11.1 Å². The van der Waals surface area contributed by atoms with Gasteiger partial charge in [-0.1, -0.05) is 6.07 Å². The van der Waals surface area contributed by atoms with E-state index in [-0.39, 0.29) is 6.42 Å². The lowest BCUT2D eigenvalue weighted by atomic mass is 10.1. The van der Waals surface area contributed by atoms with E-state index in [1.165, 1.54) is 11.3 Å². The number of hydrogen-bond acceptors (Lipinski definition) is 4. The number of hydrogen-bond donors (Lipinski definition) is 1. The van der Waals surface area contributed by atoms with Crippen molar-refractivity contribution >= 4 is 17.3 Å². The summed E-state index contributed by atoms with van der Waals surface area (Å²) in [7, 11) is 0. The van der Waals surface area contributed by atoms with Crippen LogP contribution < -0.4 is 4.74 Å². The molecule has 0 aliphatic rings. The van der Waals surface area contributed by atoms with Crippen LogP contribution in [0.2, 0.25) is 0 Å². The van der Waals surface area contributed by atoms with Crippen LogP contribution in [0.5, 0.6) is 5.75 Å². The van der Waals surface area contributed by atoms with Gasteiger partial charge in [0, 0.05) is 5.38 Å². The molecule has 0 saturated heterocycles. The van der Waals surface area contributed by atoms with E-state index in [0.717, 1.165) is 21.9 Å². The first-order valence-electron chi connectivity index (χ1n) is 5.89. The van der Waals surface area contributed by atoms with Crippen LogP contribution in [0.15, 0.2) is 23.6 Å². The summed E-state index contributed by atoms with van der Waals surface area (Å²) in [6.45, 7) is 4.41. The Morgan fingerprint density at radius 1 is 1.32 bits per heavy atom. The van der Waals surface area contributed by atoms with Gasteiger partial charge < -0.3 is 9.84 Å². The van der Waals surface area contributed by atoms with Crippen LogP contribution in [0.1, 0.15) is 21.8 Å². The highest BCUT2D eigenvalue weighted by atomic mass is 32.1. The van der Waals surface area contributed by atoms with Crippen LogP contribution >= 0.6 is 11.3 Å². The third kappa shape index (κ3) is 4.06. The minimum atomic E-state index is -0.868. The molecule has 19 heavy (non-hydrogen) atoms. The van der Waals surface area contributed by atoms with E-state index in [0.29, 0.717) is 12.3 Å². The summed E-state index contributed by atoms with van der Waals surface area (Å²) in [6, 6.07) is 6.03. The number of carboxylic acids is 1. The molecule has 0 bridgehead atoms. The number of thiazole rings is 1. The molecule has 4 nitrogen and oxygen atoms in total. The molecule has 0 aliphatic carbocycles. The molecule has 100 valence electrons. The van der Waals surface area contributed by atoms with Gasteiger partial charge in [-0.3, -0.25) is 4.79 Å². The van der Waals surface area contributed by atoms with Crippen LogP contribution in [0.25, 0.3) is 0 Å². The lowest BCUT2D eigenvalue weighted by molar-refractivity contribution is -0.136. The monoisotopic (exact) mass is 277 g/mol. The second kappa shape index (κ2) is 5.84. The SMILES string of the molecule is Cc1cc(C)cc(OCc2nc(CC(=O)O)cs2)c1. The van der Waals surface area contributed by atoms with Crippen molar-refractivity contribution in [1.29, 1.82) is 0 Å². The highest BCUT2D eigenvalue weighted by molar-refractivity contribution is 7.09. The molecular weight excluding hydrogens is 262 g/mol. The van der Waals surface area contributed by atoms with Crippen molar-refractivity contribution < 1.29 is 14.6 Å². The van der Waals surface area contributed by atoms with Crippen molar-refractivity contribution in [2.24, 2.45) is 0 Å². The molecular formula is C14H15NO3S. The highest BCUT2D eigenvalue weighted by Gasteiger charge is 2.07. The number of aryl methyl sites for hydroxylation is 2. The molecule has 0 atom stereocenters. The normalized spacial score (nSPS) is 10.4. The van der Waals surface area contributed by atoms with E-state index in [9.17, 15) is 4.79 Å². The molecule has 2 aromatic rings. The van der Waals surface area contributed by atoms with Gasteiger partial charge in [-0.25, -0.2) is 4.98 Å². The minimum absolute atomic E-state index is 0.0416. The average molecular weight is 277 g/mol. The zero-order chi connectivity index (χ0) is 13.8. The standard InChI is InChI=1S/C14H15NO3S/c1-9-3-10(2)5-12(4-9)18-7-13-15-11(8-19-13)6-14(16)17/h3-5,8H,6-7H2,1-2H3,(H,16,17). The molecule has 0 amide bonds. The summed E-state index contributed by atoms with van der Waals surface area (Å²) in [5.74, 6) is -0.0560. The molecule has 0 saturated carbocycles. The lowest BCUT2D eigenvalue weighted by Crippen LogP contribution is -2.01. The Hall–Kier alpha value is -1.88. The molecule has 0 spiro atoms. The maximum Gasteiger partial charge on any atom is 0.309 e. The number of rotatable bonds is 5. The third-order valence-corrected chi connectivity index (χ3v) is 3.36. The van der Waals surface area contributed by atoms with E-state index in [1.54, 1.807) is 5.38 Å². The number of benzene rings is 1. The maximum absolute atomic E-state index is 10.6. The third-order valence-electron chi connectivity index (χ3n) is 2.49. The van der Waals surface area contributed by atoms with Gasteiger partial charge in [0.2, 0.25) is 0 Å². The topological polar surface area (TPSA) is 59.4 Å². The molecule has 0 unspecified atom stereocenters. The van der Waals surface area contributed by atoms with E-state index in [4.69, 9.17) is 9.84 Å². The maximum atomic E-state index is 10.6. The summed E-state index contributed by atoms with van der Waals surface area (Å²) in [5.41, 5.74) is 2.89. The van der Waals surface area contributed by atoms with Crippen molar-refractivity contribution in [2.75, 3.05) is 0 Å². The number of aromatic nitrogens is 1. The Morgan fingerprint density at radius 3 is 2.63 bits per heavy atom. The molecule has 2 rings (SSSR count). The molecule has 0 radical (unpaired) electrons. The Bertz CT molecular complexity index is 572. The number of carbonyl (C=O) groups is 1. The number of carboxylic acid groups (broad SMARTS) is 1. The van der Waals surface area contributed by atoms with Crippen molar-refractivity contribution in [3.8, 4) is 5.75 Å². The molecule has 1 aromatic heterocycles. The Labute approximate surface area is 115 Å². The summed E-state index contributed by atoms with van der Waals surface area (Å²) < 4.78 is 5.67. The Morgan fingerprint density at radius 2 is 2.00 bits per heavy atom. The summed E-state index contributed by atoms with van der Waals surface area (Å²) in [5, 5.41) is 11.2. The second-order valence-electron chi connectivity index (χ2n) is 4.42.